The molecule has 0 aromatic carbocycles. The van der Waals surface area contributed by atoms with Crippen molar-refractivity contribution in [1.29, 1.82) is 0 Å². The van der Waals surface area contributed by atoms with Gasteiger partial charge in [0.1, 0.15) is 0 Å². The van der Waals surface area contributed by atoms with Crippen LogP contribution in [-0.2, 0) is 9.53 Å². The highest BCUT2D eigenvalue weighted by atomic mass is 16.5. The molecular weight excluding hydrogens is 200 g/mol. The number of hydrogen-bond acceptors (Lipinski definition) is 2. The minimum Gasteiger partial charge on any atom is -0.469 e. The van der Waals surface area contributed by atoms with Crippen LogP contribution in [0, 0.1) is 10.8 Å². The molecule has 0 saturated heterocycles. The first-order chi connectivity index (χ1) is 7.19. The predicted octanol–water partition coefficient (Wildman–Crippen LogP) is 3.72. The van der Waals surface area contributed by atoms with Gasteiger partial charge in [0.05, 0.1) is 12.5 Å². The molecular formula is C14H24O2. The molecule has 0 atom stereocenters. The number of ether oxygens (including phenoxy) is 1. The van der Waals surface area contributed by atoms with Crippen molar-refractivity contribution in [3.05, 3.63) is 17.4 Å². The van der Waals surface area contributed by atoms with E-state index in [-0.39, 0.29) is 11.4 Å². The minimum absolute atomic E-state index is 0.190. The molecule has 0 heterocycles. The number of allylic oxidation sites excluding steroid dienone is 1. The predicted molar refractivity (Wildman–Crippen MR) is 67.1 cm³/mol. The van der Waals surface area contributed by atoms with E-state index >= 15 is 0 Å². The zero-order valence-corrected chi connectivity index (χ0v) is 11.6. The summed E-state index contributed by atoms with van der Waals surface area (Å²) in [6, 6.07) is 0. The van der Waals surface area contributed by atoms with Crippen molar-refractivity contribution >= 4 is 5.97 Å². The molecule has 0 aliphatic rings. The Hall–Kier alpha value is -1.01. The van der Waals surface area contributed by atoms with Gasteiger partial charge in [-0.05, 0) is 38.8 Å². The van der Waals surface area contributed by atoms with E-state index in [1.54, 1.807) is 0 Å². The Kier molecular flexibility index (Phi) is 5.02. The Labute approximate surface area is 99.4 Å². The number of methoxy groups -OCH3 is 1. The summed E-state index contributed by atoms with van der Waals surface area (Å²) in [4.78, 5) is 11.7. The molecule has 0 aliphatic carbocycles. The van der Waals surface area contributed by atoms with Gasteiger partial charge in [0.25, 0.3) is 0 Å². The first-order valence-electron chi connectivity index (χ1n) is 5.70. The number of rotatable bonds is 4. The van der Waals surface area contributed by atoms with Crippen molar-refractivity contribution in [3.63, 3.8) is 0 Å². The number of hydrogen-bond donors (Lipinski definition) is 0. The highest BCUT2D eigenvalue weighted by molar-refractivity contribution is 5.77. The molecule has 92 valence electrons. The van der Waals surface area contributed by atoms with Crippen LogP contribution in [0.4, 0.5) is 0 Å². The van der Waals surface area contributed by atoms with Gasteiger partial charge < -0.3 is 4.74 Å². The maximum atomic E-state index is 11.7. The first kappa shape index (κ1) is 15.0. The highest BCUT2D eigenvalue weighted by Crippen LogP contribution is 2.40. The molecule has 16 heavy (non-hydrogen) atoms. The highest BCUT2D eigenvalue weighted by Gasteiger charge is 2.42. The summed E-state index contributed by atoms with van der Waals surface area (Å²) >= 11 is 0. The molecule has 0 amide bonds. The molecule has 2 nitrogen and oxygen atoms in total. The molecule has 0 saturated carbocycles. The topological polar surface area (TPSA) is 26.3 Å². The van der Waals surface area contributed by atoms with Crippen LogP contribution in [0.15, 0.2) is 17.4 Å². The Bertz CT molecular complexity index is 316. The van der Waals surface area contributed by atoms with Crippen molar-refractivity contribution in [2.24, 2.45) is 10.8 Å². The third kappa shape index (κ3) is 3.24. The van der Waals surface area contributed by atoms with Crippen molar-refractivity contribution in [2.45, 2.75) is 48.0 Å². The Balaban J connectivity index is 5.21. The van der Waals surface area contributed by atoms with Crippen molar-refractivity contribution < 1.29 is 9.53 Å². The van der Waals surface area contributed by atoms with Gasteiger partial charge >= 0.3 is 5.97 Å². The summed E-state index contributed by atoms with van der Waals surface area (Å²) in [5.74, 6) is -0.190. The van der Waals surface area contributed by atoms with Crippen molar-refractivity contribution in [3.8, 4) is 0 Å². The fourth-order valence-corrected chi connectivity index (χ4v) is 1.10. The second-order valence-corrected chi connectivity index (χ2v) is 5.26. The van der Waals surface area contributed by atoms with Gasteiger partial charge in [0.2, 0.25) is 0 Å². The second-order valence-electron chi connectivity index (χ2n) is 5.26. The molecule has 0 bridgehead atoms. The molecule has 0 fully saturated rings. The molecule has 0 aromatic heterocycles. The number of carbonyl (C=O) groups excluding carboxylic acids is 1. The van der Waals surface area contributed by atoms with Crippen LogP contribution in [0.1, 0.15) is 48.0 Å². The minimum atomic E-state index is -0.553. The van der Waals surface area contributed by atoms with E-state index in [0.717, 1.165) is 6.42 Å². The quantitative estimate of drug-likeness (QED) is 0.537. The van der Waals surface area contributed by atoms with E-state index in [9.17, 15) is 4.79 Å². The fourth-order valence-electron chi connectivity index (χ4n) is 1.10. The van der Waals surface area contributed by atoms with Crippen LogP contribution in [0.5, 0.6) is 0 Å². The van der Waals surface area contributed by atoms with Gasteiger partial charge in [-0.2, -0.15) is 0 Å². The SMILES string of the molecule is CCC(C)=C=CC(C)(C)C(C)(C)C(=O)OC. The maximum absolute atomic E-state index is 11.7. The third-order valence-corrected chi connectivity index (χ3v) is 3.52. The average molecular weight is 224 g/mol. The second kappa shape index (κ2) is 5.36. The Morgan fingerprint density at radius 3 is 2.19 bits per heavy atom. The van der Waals surface area contributed by atoms with Crippen LogP contribution < -0.4 is 0 Å². The van der Waals surface area contributed by atoms with E-state index in [4.69, 9.17) is 4.74 Å². The molecule has 0 spiro atoms. The Morgan fingerprint density at radius 1 is 1.31 bits per heavy atom. The number of esters is 1. The van der Waals surface area contributed by atoms with Crippen LogP contribution in [-0.4, -0.2) is 13.1 Å². The van der Waals surface area contributed by atoms with E-state index in [2.05, 4.69) is 12.7 Å². The summed E-state index contributed by atoms with van der Waals surface area (Å²) in [6.45, 7) is 12.0. The molecule has 0 N–H and O–H groups in total. The van der Waals surface area contributed by atoms with Gasteiger partial charge in [-0.15, -0.1) is 5.73 Å². The molecule has 0 aliphatic heterocycles. The lowest BCUT2D eigenvalue weighted by Gasteiger charge is -2.36. The van der Waals surface area contributed by atoms with E-state index < -0.39 is 5.41 Å². The lowest BCUT2D eigenvalue weighted by Crippen LogP contribution is -2.39. The number of carbonyl (C=O) groups is 1. The first-order valence-corrected chi connectivity index (χ1v) is 5.70. The van der Waals surface area contributed by atoms with E-state index in [1.165, 1.54) is 12.7 Å². The smallest absolute Gasteiger partial charge is 0.312 e. The van der Waals surface area contributed by atoms with Gasteiger partial charge in [-0.1, -0.05) is 20.8 Å². The van der Waals surface area contributed by atoms with E-state index in [1.807, 2.05) is 40.7 Å². The molecule has 2 heteroatoms. The lowest BCUT2D eigenvalue weighted by atomic mass is 9.68. The maximum Gasteiger partial charge on any atom is 0.312 e. The Morgan fingerprint density at radius 2 is 1.81 bits per heavy atom. The fraction of sp³-hybridized carbons (Fsp3) is 0.714. The molecule has 0 radical (unpaired) electrons. The standard InChI is InChI=1S/C14H24O2/c1-8-11(2)9-10-13(3,4)14(5,6)12(15)16-7/h10H,8H2,1-7H3. The van der Waals surface area contributed by atoms with Crippen LogP contribution in [0.3, 0.4) is 0 Å². The molecule has 0 rings (SSSR count). The monoisotopic (exact) mass is 224 g/mol. The third-order valence-electron chi connectivity index (χ3n) is 3.52. The summed E-state index contributed by atoms with van der Waals surface area (Å²) in [5.41, 5.74) is 3.60. The normalized spacial score (nSPS) is 11.7. The molecule has 0 aromatic rings. The van der Waals surface area contributed by atoms with Crippen LogP contribution in [0.25, 0.3) is 0 Å². The molecule has 0 unspecified atom stereocenters. The lowest BCUT2D eigenvalue weighted by molar-refractivity contribution is -0.155. The summed E-state index contributed by atoms with van der Waals surface area (Å²) in [6.07, 6.45) is 2.95. The van der Waals surface area contributed by atoms with Gasteiger partial charge in [0.15, 0.2) is 0 Å². The average Bonchev–Trinajstić information content (AvgIpc) is 2.24. The summed E-state index contributed by atoms with van der Waals surface area (Å²) in [5, 5.41) is 0. The zero-order chi connectivity index (χ0) is 13.0. The zero-order valence-electron chi connectivity index (χ0n) is 11.6. The van der Waals surface area contributed by atoms with Gasteiger partial charge in [-0.25, -0.2) is 0 Å². The van der Waals surface area contributed by atoms with Crippen LogP contribution >= 0.6 is 0 Å². The summed E-state index contributed by atoms with van der Waals surface area (Å²) in [7, 11) is 1.43. The van der Waals surface area contributed by atoms with Crippen molar-refractivity contribution in [2.75, 3.05) is 7.11 Å². The van der Waals surface area contributed by atoms with Crippen molar-refractivity contribution in [1.82, 2.24) is 0 Å². The largest absolute Gasteiger partial charge is 0.469 e. The summed E-state index contributed by atoms with van der Waals surface area (Å²) < 4.78 is 4.84. The van der Waals surface area contributed by atoms with E-state index in [0.29, 0.717) is 0 Å². The van der Waals surface area contributed by atoms with Gasteiger partial charge in [-0.3, -0.25) is 4.79 Å². The van der Waals surface area contributed by atoms with Crippen LogP contribution in [0.2, 0.25) is 0 Å². The van der Waals surface area contributed by atoms with Gasteiger partial charge in [0, 0.05) is 5.41 Å².